The van der Waals surface area contributed by atoms with Gasteiger partial charge in [0.1, 0.15) is 9.49 Å². The Hall–Kier alpha value is 0.774. The second-order valence-corrected chi connectivity index (χ2v) is 44.5. The molecule has 1 N–H and O–H groups in total. The molecule has 4 rings (SSSR count). The molecule has 0 saturated heterocycles. The predicted octanol–water partition coefficient (Wildman–Crippen LogP) is 5.89. The molecule has 178 valence electrons. The van der Waals surface area contributed by atoms with Crippen molar-refractivity contribution in [1.29, 1.82) is 0 Å². The van der Waals surface area contributed by atoms with E-state index in [1.165, 1.54) is 23.5 Å². The number of hydrogen-bond donors (Lipinski definition) is 1. The standard InChI is InChI=1S/C13H11NO4S.C5H8O2S.CH4.3HI.V/c1-19-13(6-7-13)12(17)18-14-10(15)8-4-2-3-5-9(8)11(14)16;1-8-5(2-3-5)4(6)7;;;;;/h2-5H,6-7H2,1H3;2-3H2,1H3,(H,6,7);1H4;3*1H;/q;;;;;;+3/p-3. The van der Waals surface area contributed by atoms with Gasteiger partial charge in [0.05, 0.1) is 11.1 Å². The van der Waals surface area contributed by atoms with E-state index in [1.54, 1.807) is 24.3 Å². The molecular weight excluding hydrogens is 834 g/mol. The monoisotopic (exact) mass is 857 g/mol. The van der Waals surface area contributed by atoms with Crippen molar-refractivity contribution in [3.8, 4) is 0 Å². The third-order valence-electron chi connectivity index (χ3n) is 4.88. The van der Waals surface area contributed by atoms with Gasteiger partial charge in [-0.3, -0.25) is 14.4 Å². The van der Waals surface area contributed by atoms with Crippen molar-refractivity contribution in [2.45, 2.75) is 42.6 Å². The van der Waals surface area contributed by atoms with Crippen LogP contribution in [0.25, 0.3) is 0 Å². The van der Waals surface area contributed by atoms with Crippen LogP contribution >= 0.6 is 83.5 Å². The van der Waals surface area contributed by atoms with E-state index < -0.39 is 28.5 Å². The van der Waals surface area contributed by atoms with E-state index in [-0.39, 0.29) is 28.2 Å². The normalized spacial score (nSPS) is 18.2. The quantitative estimate of drug-likeness (QED) is 0.289. The number of imide groups is 1. The van der Waals surface area contributed by atoms with Crippen LogP contribution in [0.2, 0.25) is 0 Å². The van der Waals surface area contributed by atoms with Gasteiger partial charge in [-0.15, -0.1) is 23.5 Å². The first-order chi connectivity index (χ1) is 14.5. The van der Waals surface area contributed by atoms with Gasteiger partial charge in [-0.25, -0.2) is 4.79 Å². The maximum atomic E-state index is 12.0. The van der Waals surface area contributed by atoms with Crippen molar-refractivity contribution in [1.82, 2.24) is 5.06 Å². The Morgan fingerprint density at radius 2 is 1.34 bits per heavy atom. The van der Waals surface area contributed by atoms with Gasteiger partial charge in [0, 0.05) is 0 Å². The Morgan fingerprint density at radius 1 is 0.969 bits per heavy atom. The number of hydroxylamine groups is 2. The first kappa shape index (κ1) is 30.8. The van der Waals surface area contributed by atoms with Crippen LogP contribution in [0.3, 0.4) is 0 Å². The number of nitrogens with zero attached hydrogens (tertiary/aromatic N) is 1. The van der Waals surface area contributed by atoms with Crippen molar-refractivity contribution in [3.05, 3.63) is 35.4 Å². The molecule has 3 aliphatic rings. The van der Waals surface area contributed by atoms with E-state index in [1.807, 2.05) is 12.5 Å². The molecular formula is C19H23I3NO6S2V. The molecule has 0 radical (unpaired) electrons. The minimum absolute atomic E-state index is 0. The molecule has 2 saturated carbocycles. The number of hydrogen-bond acceptors (Lipinski definition) is 7. The zero-order valence-electron chi connectivity index (χ0n) is 16.5. The maximum absolute atomic E-state index is 12.0. The van der Waals surface area contributed by atoms with Gasteiger partial charge in [0.15, 0.2) is 0 Å². The van der Waals surface area contributed by atoms with E-state index in [9.17, 15) is 19.2 Å². The van der Waals surface area contributed by atoms with Crippen LogP contribution in [0.4, 0.5) is 0 Å². The Labute approximate surface area is 233 Å². The van der Waals surface area contributed by atoms with E-state index in [0.717, 1.165) is 25.7 Å². The second kappa shape index (κ2) is 13.2. The van der Waals surface area contributed by atoms with Crippen molar-refractivity contribution in [2.75, 3.05) is 12.5 Å². The first-order valence-electron chi connectivity index (χ1n) is 8.85. The zero-order valence-corrected chi connectivity index (χ0v) is 26.0. The topological polar surface area (TPSA) is 101 Å². The van der Waals surface area contributed by atoms with Crippen LogP contribution in [0, 0.1) is 0 Å². The van der Waals surface area contributed by atoms with Crippen LogP contribution < -0.4 is 0 Å². The van der Waals surface area contributed by atoms with Crippen molar-refractivity contribution in [2.24, 2.45) is 0 Å². The fourth-order valence-corrected chi connectivity index (χ4v) is 4.04. The number of carbonyl (C=O) groups is 4. The van der Waals surface area contributed by atoms with Crippen LogP contribution in [0.5, 0.6) is 0 Å². The molecule has 2 fully saturated rings. The average molecular weight is 857 g/mol. The summed E-state index contributed by atoms with van der Waals surface area (Å²) in [4.78, 5) is 51.0. The number of carboxylic acids is 1. The number of carbonyl (C=O) groups excluding carboxylic acids is 3. The van der Waals surface area contributed by atoms with Gasteiger partial charge < -0.3 is 9.94 Å². The zero-order chi connectivity index (χ0) is 23.4. The van der Waals surface area contributed by atoms with Crippen LogP contribution in [-0.2, 0) is 19.3 Å². The van der Waals surface area contributed by atoms with Gasteiger partial charge in [0.2, 0.25) is 0 Å². The van der Waals surface area contributed by atoms with Gasteiger partial charge in [-0.1, -0.05) is 24.6 Å². The number of benzene rings is 1. The molecule has 1 aromatic rings. The number of thioether (sulfide) groups is 2. The molecule has 7 nitrogen and oxygen atoms in total. The summed E-state index contributed by atoms with van der Waals surface area (Å²) in [5, 5.41) is 9.06. The molecule has 32 heavy (non-hydrogen) atoms. The molecule has 0 aromatic heterocycles. The molecule has 0 spiro atoms. The summed E-state index contributed by atoms with van der Waals surface area (Å²) in [6.45, 7) is 0. The molecule has 2 aliphatic carbocycles. The fourth-order valence-electron chi connectivity index (χ4n) is 2.64. The fraction of sp³-hybridized carbons (Fsp3) is 0.474. The summed E-state index contributed by atoms with van der Waals surface area (Å²) < 4.78 is -0.949. The Kier molecular flexibility index (Phi) is 12.7. The predicted molar refractivity (Wildman–Crippen MR) is 150 cm³/mol. The summed E-state index contributed by atoms with van der Waals surface area (Å²) in [6.07, 6.45) is 6.80. The van der Waals surface area contributed by atoms with Crippen molar-refractivity contribution < 1.29 is 34.0 Å². The summed E-state index contributed by atoms with van der Waals surface area (Å²) in [7, 11) is 0. The SMILES string of the molecule is C.CSC1(C(=O)O)CC1.CSC1(C(=O)ON2C(=O)c3ccccc3C2=O)CC1.[I][V]([I])[I]. The third kappa shape index (κ3) is 7.64. The van der Waals surface area contributed by atoms with Crippen LogP contribution in [0.1, 0.15) is 53.8 Å². The van der Waals surface area contributed by atoms with Crippen LogP contribution in [0.15, 0.2) is 24.3 Å². The van der Waals surface area contributed by atoms with Crippen molar-refractivity contribution >= 4 is 107 Å². The van der Waals surface area contributed by atoms with E-state index in [2.05, 4.69) is 59.9 Å². The van der Waals surface area contributed by atoms with Gasteiger partial charge in [-0.05, 0) is 50.3 Å². The summed E-state index contributed by atoms with van der Waals surface area (Å²) in [5.41, 5.74) is 0.545. The number of carboxylic acid groups (broad SMARTS) is 1. The molecule has 1 aromatic carbocycles. The molecule has 0 bridgehead atoms. The molecule has 0 atom stereocenters. The summed E-state index contributed by atoms with van der Waals surface area (Å²) in [6, 6.07) is 6.43. The Balaban J connectivity index is 0.000000329. The van der Waals surface area contributed by atoms with E-state index in [0.29, 0.717) is 5.06 Å². The van der Waals surface area contributed by atoms with E-state index >= 15 is 0 Å². The number of aliphatic carboxylic acids is 1. The molecule has 2 amide bonds. The minimum atomic E-state index is -0.648. The van der Waals surface area contributed by atoms with Crippen LogP contribution in [-0.4, -0.2) is 55.9 Å². The molecule has 13 heteroatoms. The number of halogens is 3. The molecule has 1 aliphatic heterocycles. The number of rotatable bonds is 5. The second-order valence-electron chi connectivity index (χ2n) is 6.72. The Bertz CT molecular complexity index is 843. The van der Waals surface area contributed by atoms with Gasteiger partial charge in [0.25, 0.3) is 11.8 Å². The Morgan fingerprint density at radius 3 is 1.59 bits per heavy atom. The number of amides is 2. The average Bonchev–Trinajstić information content (AvgIpc) is 3.64. The summed E-state index contributed by atoms with van der Waals surface area (Å²) >= 11 is 10.2. The third-order valence-corrected chi connectivity index (χ3v) is 7.60. The van der Waals surface area contributed by atoms with Gasteiger partial charge >= 0.3 is 76.8 Å². The van der Waals surface area contributed by atoms with Crippen molar-refractivity contribution in [3.63, 3.8) is 0 Å². The first-order valence-corrected chi connectivity index (χ1v) is 24.8. The number of fused-ring (bicyclic) bond motifs is 1. The van der Waals surface area contributed by atoms with E-state index in [4.69, 9.17) is 9.94 Å². The van der Waals surface area contributed by atoms with Gasteiger partial charge in [-0.2, -0.15) is 0 Å². The summed E-state index contributed by atoms with van der Waals surface area (Å²) in [5.74, 6) is -2.32. The molecule has 0 unspecified atom stereocenters. The molecule has 1 heterocycles.